The number of nitrogens with zero attached hydrogens (tertiary/aromatic N) is 1. The van der Waals surface area contributed by atoms with E-state index >= 15 is 0 Å². The van der Waals surface area contributed by atoms with Gasteiger partial charge in [0.15, 0.2) is 0 Å². The van der Waals surface area contributed by atoms with E-state index in [2.05, 4.69) is 24.0 Å². The third-order valence-electron chi connectivity index (χ3n) is 3.39. The number of para-hydroxylation sites is 1. The summed E-state index contributed by atoms with van der Waals surface area (Å²) in [6, 6.07) is 8.92. The van der Waals surface area contributed by atoms with Crippen molar-refractivity contribution in [1.82, 2.24) is 4.90 Å². The summed E-state index contributed by atoms with van der Waals surface area (Å²) in [6.07, 6.45) is 1.10. The summed E-state index contributed by atoms with van der Waals surface area (Å²) in [6.45, 7) is 4.29. The second-order valence-electron chi connectivity index (χ2n) is 4.46. The van der Waals surface area contributed by atoms with Gasteiger partial charge in [-0.15, -0.1) is 0 Å². The van der Waals surface area contributed by atoms with Gasteiger partial charge in [-0.05, 0) is 19.4 Å². The van der Waals surface area contributed by atoms with Crippen molar-refractivity contribution in [1.29, 1.82) is 0 Å². The molecule has 1 saturated heterocycles. The Bertz CT molecular complexity index is 354. The maximum atomic E-state index is 5.94. The Labute approximate surface area is 97.2 Å². The largest absolute Gasteiger partial charge is 0.496 e. The number of rotatable bonds is 3. The number of methoxy groups -OCH3 is 1. The maximum Gasteiger partial charge on any atom is 0.123 e. The molecule has 0 aliphatic carbocycles. The van der Waals surface area contributed by atoms with Crippen molar-refractivity contribution >= 4 is 0 Å². The molecule has 2 rings (SSSR count). The summed E-state index contributed by atoms with van der Waals surface area (Å²) in [4.78, 5) is 2.42. The molecule has 3 nitrogen and oxygen atoms in total. The van der Waals surface area contributed by atoms with E-state index in [-0.39, 0.29) is 0 Å². The predicted octanol–water partition coefficient (Wildman–Crippen LogP) is 1.79. The summed E-state index contributed by atoms with van der Waals surface area (Å²) in [7, 11) is 1.72. The Kier molecular flexibility index (Phi) is 3.46. The van der Waals surface area contributed by atoms with Crippen LogP contribution in [0.3, 0.4) is 0 Å². The molecule has 1 heterocycles. The highest BCUT2D eigenvalue weighted by Crippen LogP contribution is 2.30. The molecule has 1 aromatic carbocycles. The molecule has 0 spiro atoms. The van der Waals surface area contributed by atoms with Crippen molar-refractivity contribution in [2.24, 2.45) is 5.73 Å². The first-order chi connectivity index (χ1) is 7.72. The molecule has 2 N–H and O–H groups in total. The van der Waals surface area contributed by atoms with E-state index in [9.17, 15) is 0 Å². The minimum Gasteiger partial charge on any atom is -0.496 e. The minimum absolute atomic E-state index is 0.331. The van der Waals surface area contributed by atoms with Crippen LogP contribution in [0.5, 0.6) is 5.75 Å². The Morgan fingerprint density at radius 1 is 1.44 bits per heavy atom. The fraction of sp³-hybridized carbons (Fsp3) is 0.538. The standard InChI is InChI=1S/C13H20N2O/c1-10(15-8-7-11(14)9-15)12-5-3-4-6-13(12)16-2/h3-6,10-11H,7-9,14H2,1-2H3/t10-,11+/m0/s1. The molecule has 0 bridgehead atoms. The lowest BCUT2D eigenvalue weighted by atomic mass is 10.1. The number of ether oxygens (including phenoxy) is 1. The van der Waals surface area contributed by atoms with Crippen LogP contribution < -0.4 is 10.5 Å². The van der Waals surface area contributed by atoms with Crippen LogP contribution in [0, 0.1) is 0 Å². The van der Waals surface area contributed by atoms with Crippen molar-refractivity contribution in [2.75, 3.05) is 20.2 Å². The van der Waals surface area contributed by atoms with Crippen molar-refractivity contribution < 1.29 is 4.74 Å². The quantitative estimate of drug-likeness (QED) is 0.844. The SMILES string of the molecule is COc1ccccc1[C@H](C)N1CC[C@@H](N)C1. The number of hydrogen-bond donors (Lipinski definition) is 1. The lowest BCUT2D eigenvalue weighted by Crippen LogP contribution is -2.29. The molecule has 1 aliphatic heterocycles. The molecular formula is C13H20N2O. The second kappa shape index (κ2) is 4.85. The first-order valence-corrected chi connectivity index (χ1v) is 5.85. The number of nitrogens with two attached hydrogens (primary N) is 1. The Morgan fingerprint density at radius 3 is 2.81 bits per heavy atom. The Balaban J connectivity index is 2.16. The molecule has 16 heavy (non-hydrogen) atoms. The highest BCUT2D eigenvalue weighted by Gasteiger charge is 2.25. The Hall–Kier alpha value is -1.06. The minimum atomic E-state index is 0.331. The smallest absolute Gasteiger partial charge is 0.123 e. The van der Waals surface area contributed by atoms with E-state index < -0.39 is 0 Å². The van der Waals surface area contributed by atoms with Crippen molar-refractivity contribution in [3.05, 3.63) is 29.8 Å². The average Bonchev–Trinajstić information content (AvgIpc) is 2.75. The van der Waals surface area contributed by atoms with E-state index in [4.69, 9.17) is 10.5 Å². The zero-order valence-electron chi connectivity index (χ0n) is 10.0. The zero-order chi connectivity index (χ0) is 11.5. The number of benzene rings is 1. The summed E-state index contributed by atoms with van der Waals surface area (Å²) >= 11 is 0. The molecular weight excluding hydrogens is 200 g/mol. The van der Waals surface area contributed by atoms with Gasteiger partial charge < -0.3 is 10.5 Å². The van der Waals surface area contributed by atoms with Crippen molar-refractivity contribution in [3.63, 3.8) is 0 Å². The molecule has 0 radical (unpaired) electrons. The van der Waals surface area contributed by atoms with Gasteiger partial charge in [-0.3, -0.25) is 4.90 Å². The topological polar surface area (TPSA) is 38.5 Å². The van der Waals surface area contributed by atoms with E-state index in [0.717, 1.165) is 25.3 Å². The molecule has 2 atom stereocenters. The van der Waals surface area contributed by atoms with Gasteiger partial charge in [-0.2, -0.15) is 0 Å². The monoisotopic (exact) mass is 220 g/mol. The van der Waals surface area contributed by atoms with E-state index in [1.807, 2.05) is 12.1 Å². The van der Waals surface area contributed by atoms with Gasteiger partial charge >= 0.3 is 0 Å². The van der Waals surface area contributed by atoms with Gasteiger partial charge in [0.05, 0.1) is 7.11 Å². The number of hydrogen-bond acceptors (Lipinski definition) is 3. The van der Waals surface area contributed by atoms with Gasteiger partial charge in [-0.25, -0.2) is 0 Å². The molecule has 1 fully saturated rings. The third kappa shape index (κ3) is 2.20. The molecule has 0 unspecified atom stereocenters. The van der Waals surface area contributed by atoms with Crippen LogP contribution in [0.15, 0.2) is 24.3 Å². The van der Waals surface area contributed by atoms with Gasteiger partial charge in [0.2, 0.25) is 0 Å². The molecule has 0 amide bonds. The first-order valence-electron chi connectivity index (χ1n) is 5.85. The van der Waals surface area contributed by atoms with Crippen molar-refractivity contribution in [3.8, 4) is 5.75 Å². The van der Waals surface area contributed by atoms with Crippen LogP contribution in [0.1, 0.15) is 24.9 Å². The molecule has 88 valence electrons. The molecule has 1 aliphatic rings. The fourth-order valence-electron chi connectivity index (χ4n) is 2.38. The summed E-state index contributed by atoms with van der Waals surface area (Å²) in [5, 5.41) is 0. The van der Waals surface area contributed by atoms with E-state index in [1.54, 1.807) is 7.11 Å². The van der Waals surface area contributed by atoms with Crippen LogP contribution in [-0.2, 0) is 0 Å². The van der Waals surface area contributed by atoms with Crippen molar-refractivity contribution in [2.45, 2.75) is 25.4 Å². The summed E-state index contributed by atoms with van der Waals surface area (Å²) in [5.41, 5.74) is 7.19. The summed E-state index contributed by atoms with van der Waals surface area (Å²) in [5.74, 6) is 0.968. The third-order valence-corrected chi connectivity index (χ3v) is 3.39. The van der Waals surface area contributed by atoms with Crippen LogP contribution in [0.4, 0.5) is 0 Å². The fourth-order valence-corrected chi connectivity index (χ4v) is 2.38. The van der Waals surface area contributed by atoms with Crippen LogP contribution >= 0.6 is 0 Å². The van der Waals surface area contributed by atoms with Gasteiger partial charge in [0.1, 0.15) is 5.75 Å². The average molecular weight is 220 g/mol. The molecule has 0 aromatic heterocycles. The van der Waals surface area contributed by atoms with Crippen LogP contribution in [-0.4, -0.2) is 31.1 Å². The summed E-state index contributed by atoms with van der Waals surface area (Å²) < 4.78 is 5.39. The maximum absolute atomic E-state index is 5.94. The predicted molar refractivity (Wildman–Crippen MR) is 65.6 cm³/mol. The highest BCUT2D eigenvalue weighted by atomic mass is 16.5. The van der Waals surface area contributed by atoms with E-state index in [1.165, 1.54) is 5.56 Å². The highest BCUT2D eigenvalue weighted by molar-refractivity contribution is 5.35. The van der Waals surface area contributed by atoms with Gasteiger partial charge in [-0.1, -0.05) is 18.2 Å². The lowest BCUT2D eigenvalue weighted by molar-refractivity contribution is 0.253. The second-order valence-corrected chi connectivity index (χ2v) is 4.46. The molecule has 0 saturated carbocycles. The zero-order valence-corrected chi connectivity index (χ0v) is 10.0. The van der Waals surface area contributed by atoms with E-state index in [0.29, 0.717) is 12.1 Å². The molecule has 1 aromatic rings. The van der Waals surface area contributed by atoms with Crippen LogP contribution in [0.25, 0.3) is 0 Å². The normalized spacial score (nSPS) is 23.3. The first kappa shape index (κ1) is 11.4. The molecule has 3 heteroatoms. The Morgan fingerprint density at radius 2 is 2.19 bits per heavy atom. The van der Waals surface area contributed by atoms with Gasteiger partial charge in [0, 0.05) is 30.7 Å². The van der Waals surface area contributed by atoms with Gasteiger partial charge in [0.25, 0.3) is 0 Å². The number of likely N-dealkylation sites (tertiary alicyclic amines) is 1. The lowest BCUT2D eigenvalue weighted by Gasteiger charge is -2.25. The van der Waals surface area contributed by atoms with Crippen LogP contribution in [0.2, 0.25) is 0 Å².